The van der Waals surface area contributed by atoms with Gasteiger partial charge >= 0.3 is 5.97 Å². The number of nitrogens with zero attached hydrogens (tertiary/aromatic N) is 1. The fraction of sp³-hybridized carbons (Fsp3) is 0.750. The first-order valence-corrected chi connectivity index (χ1v) is 5.77. The normalized spacial score (nSPS) is 18.6. The highest BCUT2D eigenvalue weighted by Crippen LogP contribution is 2.26. The van der Waals surface area contributed by atoms with Gasteiger partial charge in [-0.15, -0.1) is 0 Å². The molecular weight excluding hydrogens is 222 g/mol. The predicted octanol–water partition coefficient (Wildman–Crippen LogP) is 1.27. The highest BCUT2D eigenvalue weighted by atomic mass is 16.4. The lowest BCUT2D eigenvalue weighted by atomic mass is 9.84. The van der Waals surface area contributed by atoms with E-state index in [-0.39, 0.29) is 36.6 Å². The highest BCUT2D eigenvalue weighted by Gasteiger charge is 2.34. The fourth-order valence-electron chi connectivity index (χ4n) is 2.02. The van der Waals surface area contributed by atoms with Crippen molar-refractivity contribution >= 4 is 17.8 Å². The first kappa shape index (κ1) is 13.7. The number of likely N-dealkylation sites (tertiary alicyclic amines) is 1. The quantitative estimate of drug-likeness (QED) is 0.752. The molecule has 17 heavy (non-hydrogen) atoms. The first-order valence-electron chi connectivity index (χ1n) is 5.77. The molecule has 1 fully saturated rings. The van der Waals surface area contributed by atoms with Gasteiger partial charge in [-0.2, -0.15) is 0 Å². The van der Waals surface area contributed by atoms with Crippen LogP contribution in [0.15, 0.2) is 0 Å². The molecule has 1 rings (SSSR count). The number of imide groups is 1. The lowest BCUT2D eigenvalue weighted by Crippen LogP contribution is -2.38. The highest BCUT2D eigenvalue weighted by molar-refractivity contribution is 6.02. The second-order valence-corrected chi connectivity index (χ2v) is 5.70. The Hall–Kier alpha value is -1.39. The van der Waals surface area contributed by atoms with Crippen molar-refractivity contribution in [1.82, 2.24) is 4.90 Å². The van der Waals surface area contributed by atoms with Crippen LogP contribution >= 0.6 is 0 Å². The second kappa shape index (κ2) is 4.85. The van der Waals surface area contributed by atoms with E-state index in [1.54, 1.807) is 0 Å². The smallest absolute Gasteiger partial charge is 0.308 e. The van der Waals surface area contributed by atoms with Gasteiger partial charge in [0.25, 0.3) is 0 Å². The van der Waals surface area contributed by atoms with Crippen LogP contribution in [0.5, 0.6) is 0 Å². The summed E-state index contributed by atoms with van der Waals surface area (Å²) in [6.07, 6.45) is 0.862. The Bertz CT molecular complexity index is 327. The predicted molar refractivity (Wildman–Crippen MR) is 61.2 cm³/mol. The Morgan fingerprint density at radius 1 is 1.29 bits per heavy atom. The van der Waals surface area contributed by atoms with Crippen LogP contribution in [-0.2, 0) is 14.4 Å². The number of aliphatic carboxylic acids is 1. The number of rotatable bonds is 4. The van der Waals surface area contributed by atoms with Crippen LogP contribution in [0.4, 0.5) is 0 Å². The summed E-state index contributed by atoms with van der Waals surface area (Å²) in [7, 11) is 0. The van der Waals surface area contributed by atoms with E-state index in [0.717, 1.165) is 4.90 Å². The van der Waals surface area contributed by atoms with Gasteiger partial charge in [-0.25, -0.2) is 0 Å². The van der Waals surface area contributed by atoms with E-state index < -0.39 is 11.9 Å². The molecule has 5 nitrogen and oxygen atoms in total. The van der Waals surface area contributed by atoms with Crippen molar-refractivity contribution in [3.63, 3.8) is 0 Å². The molecule has 0 aromatic heterocycles. The molecule has 1 aliphatic rings. The third kappa shape index (κ3) is 3.84. The number of carbonyl (C=O) groups excluding carboxylic acids is 2. The van der Waals surface area contributed by atoms with Crippen LogP contribution in [0.3, 0.4) is 0 Å². The molecule has 0 saturated carbocycles. The molecule has 0 spiro atoms. The van der Waals surface area contributed by atoms with Gasteiger partial charge in [-0.05, 0) is 11.8 Å². The van der Waals surface area contributed by atoms with Gasteiger partial charge < -0.3 is 5.11 Å². The minimum absolute atomic E-state index is 0.00424. The molecule has 5 heteroatoms. The Kier molecular flexibility index (Phi) is 3.91. The minimum Gasteiger partial charge on any atom is -0.481 e. The van der Waals surface area contributed by atoms with Gasteiger partial charge in [0.05, 0.1) is 5.92 Å². The van der Waals surface area contributed by atoms with E-state index >= 15 is 0 Å². The zero-order chi connectivity index (χ0) is 13.2. The molecule has 1 N–H and O–H groups in total. The van der Waals surface area contributed by atoms with Crippen molar-refractivity contribution in [1.29, 1.82) is 0 Å². The van der Waals surface area contributed by atoms with E-state index in [1.165, 1.54) is 0 Å². The summed E-state index contributed by atoms with van der Waals surface area (Å²) in [5, 5.41) is 9.12. The topological polar surface area (TPSA) is 74.7 Å². The monoisotopic (exact) mass is 241 g/mol. The summed E-state index contributed by atoms with van der Waals surface area (Å²) in [5.74, 6) is -2.14. The summed E-state index contributed by atoms with van der Waals surface area (Å²) >= 11 is 0. The van der Waals surface area contributed by atoms with Crippen LogP contribution in [-0.4, -0.2) is 34.3 Å². The summed E-state index contributed by atoms with van der Waals surface area (Å²) in [6.45, 7) is 5.83. The SMILES string of the molecule is CC(C)(C)CC(CN1C(=O)CCC1=O)C(=O)O. The number of hydrogen-bond donors (Lipinski definition) is 1. The van der Waals surface area contributed by atoms with Crippen molar-refractivity contribution in [2.75, 3.05) is 6.54 Å². The number of carbonyl (C=O) groups is 3. The van der Waals surface area contributed by atoms with E-state index in [9.17, 15) is 14.4 Å². The number of carboxylic acid groups (broad SMARTS) is 1. The van der Waals surface area contributed by atoms with E-state index in [1.807, 2.05) is 20.8 Å². The molecule has 1 saturated heterocycles. The van der Waals surface area contributed by atoms with Crippen LogP contribution in [0.25, 0.3) is 0 Å². The van der Waals surface area contributed by atoms with E-state index in [4.69, 9.17) is 5.11 Å². The standard InChI is InChI=1S/C12H19NO4/c1-12(2,3)6-8(11(16)17)7-13-9(14)4-5-10(13)15/h8H,4-7H2,1-3H3,(H,16,17). The van der Waals surface area contributed by atoms with E-state index in [2.05, 4.69) is 0 Å². The molecule has 0 aromatic carbocycles. The summed E-state index contributed by atoms with van der Waals surface area (Å²) in [6, 6.07) is 0. The molecule has 2 amide bonds. The average Bonchev–Trinajstić information content (AvgIpc) is 2.45. The van der Waals surface area contributed by atoms with Gasteiger partial charge in [-0.1, -0.05) is 20.8 Å². The van der Waals surface area contributed by atoms with Crippen molar-refractivity contribution in [2.24, 2.45) is 11.3 Å². The number of carboxylic acids is 1. The lowest BCUT2D eigenvalue weighted by Gasteiger charge is -2.26. The van der Waals surface area contributed by atoms with Crippen molar-refractivity contribution in [3.05, 3.63) is 0 Å². The van der Waals surface area contributed by atoms with Crippen LogP contribution in [0.1, 0.15) is 40.0 Å². The summed E-state index contributed by atoms with van der Waals surface area (Å²) in [5.41, 5.74) is -0.144. The molecule has 0 bridgehead atoms. The van der Waals surface area contributed by atoms with Gasteiger partial charge in [-0.3, -0.25) is 19.3 Å². The first-order chi connectivity index (χ1) is 7.70. The molecule has 1 unspecified atom stereocenters. The third-order valence-corrected chi connectivity index (χ3v) is 2.77. The molecular formula is C12H19NO4. The van der Waals surface area contributed by atoms with Gasteiger partial charge in [0.1, 0.15) is 0 Å². The lowest BCUT2D eigenvalue weighted by molar-refractivity contribution is -0.146. The van der Waals surface area contributed by atoms with Gasteiger partial charge in [0.2, 0.25) is 11.8 Å². The maximum atomic E-state index is 11.4. The van der Waals surface area contributed by atoms with Crippen molar-refractivity contribution in [2.45, 2.75) is 40.0 Å². The maximum absolute atomic E-state index is 11.4. The molecule has 0 radical (unpaired) electrons. The van der Waals surface area contributed by atoms with E-state index in [0.29, 0.717) is 6.42 Å². The van der Waals surface area contributed by atoms with Crippen LogP contribution in [0.2, 0.25) is 0 Å². The Labute approximate surface area is 101 Å². The molecule has 1 atom stereocenters. The summed E-state index contributed by atoms with van der Waals surface area (Å²) in [4.78, 5) is 35.1. The van der Waals surface area contributed by atoms with Crippen LogP contribution < -0.4 is 0 Å². The Morgan fingerprint density at radius 3 is 2.12 bits per heavy atom. The molecule has 1 heterocycles. The van der Waals surface area contributed by atoms with Crippen molar-refractivity contribution < 1.29 is 19.5 Å². The van der Waals surface area contributed by atoms with Gasteiger partial charge in [0.15, 0.2) is 0 Å². The average molecular weight is 241 g/mol. The zero-order valence-electron chi connectivity index (χ0n) is 10.5. The molecule has 96 valence electrons. The zero-order valence-corrected chi connectivity index (χ0v) is 10.5. The molecule has 0 aromatic rings. The Balaban J connectivity index is 2.70. The van der Waals surface area contributed by atoms with Gasteiger partial charge in [0, 0.05) is 19.4 Å². The molecule has 1 aliphatic heterocycles. The Morgan fingerprint density at radius 2 is 1.76 bits per heavy atom. The maximum Gasteiger partial charge on any atom is 0.308 e. The second-order valence-electron chi connectivity index (χ2n) is 5.70. The summed E-state index contributed by atoms with van der Waals surface area (Å²) < 4.78 is 0. The third-order valence-electron chi connectivity index (χ3n) is 2.77. The van der Waals surface area contributed by atoms with Crippen molar-refractivity contribution in [3.8, 4) is 0 Å². The molecule has 0 aliphatic carbocycles. The largest absolute Gasteiger partial charge is 0.481 e. The number of hydrogen-bond acceptors (Lipinski definition) is 3. The number of amides is 2. The van der Waals surface area contributed by atoms with Crippen LogP contribution in [0, 0.1) is 11.3 Å². The minimum atomic E-state index is -0.951. The fourth-order valence-corrected chi connectivity index (χ4v) is 2.02.